The predicted octanol–water partition coefficient (Wildman–Crippen LogP) is 2.89. The number of nitrogens with one attached hydrogen (secondary N) is 1. The molecule has 100 valence electrons. The summed E-state index contributed by atoms with van der Waals surface area (Å²) in [6.45, 7) is 7.39. The molecule has 1 saturated heterocycles. The van der Waals surface area contributed by atoms with Gasteiger partial charge in [0.25, 0.3) is 0 Å². The zero-order chi connectivity index (χ0) is 12.3. The van der Waals surface area contributed by atoms with Gasteiger partial charge in [-0.25, -0.2) is 0 Å². The maximum absolute atomic E-state index is 3.90. The lowest BCUT2D eigenvalue weighted by atomic mass is 9.85. The Hall–Kier alpha value is -0.0800. The van der Waals surface area contributed by atoms with Crippen molar-refractivity contribution in [3.8, 4) is 0 Å². The van der Waals surface area contributed by atoms with Crippen LogP contribution in [0.15, 0.2) is 0 Å². The minimum Gasteiger partial charge on any atom is -0.311 e. The van der Waals surface area contributed by atoms with E-state index < -0.39 is 0 Å². The molecule has 2 nitrogen and oxygen atoms in total. The number of hydrogen-bond donors (Lipinski definition) is 1. The van der Waals surface area contributed by atoms with E-state index in [-0.39, 0.29) is 0 Å². The Labute approximate surface area is 107 Å². The Kier molecular flexibility index (Phi) is 4.87. The smallest absolute Gasteiger partial charge is 0.00818 e. The van der Waals surface area contributed by atoms with Crippen molar-refractivity contribution in [3.63, 3.8) is 0 Å². The average Bonchev–Trinajstić information content (AvgIpc) is 2.32. The Bertz CT molecular complexity index is 221. The maximum atomic E-state index is 3.90. The molecule has 2 atom stereocenters. The van der Waals surface area contributed by atoms with Gasteiger partial charge in [-0.05, 0) is 70.9 Å². The van der Waals surface area contributed by atoms with Crippen LogP contribution in [0.25, 0.3) is 0 Å². The van der Waals surface area contributed by atoms with Crippen molar-refractivity contribution < 1.29 is 0 Å². The third-order valence-corrected chi connectivity index (χ3v) is 4.88. The lowest BCUT2D eigenvalue weighted by Gasteiger charge is -2.37. The van der Waals surface area contributed by atoms with Gasteiger partial charge in [-0.1, -0.05) is 6.92 Å². The van der Waals surface area contributed by atoms with Crippen LogP contribution < -0.4 is 5.32 Å². The normalized spacial score (nSPS) is 37.9. The van der Waals surface area contributed by atoms with Gasteiger partial charge in [-0.2, -0.15) is 0 Å². The molecule has 1 aliphatic heterocycles. The van der Waals surface area contributed by atoms with Crippen LogP contribution in [0.4, 0.5) is 0 Å². The first kappa shape index (κ1) is 13.4. The van der Waals surface area contributed by atoms with Crippen LogP contribution >= 0.6 is 0 Å². The van der Waals surface area contributed by atoms with E-state index in [2.05, 4.69) is 31.1 Å². The number of piperidine rings is 1. The van der Waals surface area contributed by atoms with Crippen molar-refractivity contribution in [2.45, 2.75) is 64.5 Å². The monoisotopic (exact) mass is 238 g/mol. The summed E-state index contributed by atoms with van der Waals surface area (Å²) in [5.41, 5.74) is 0. The SMILES string of the molecule is CC1CCC(NC(C)C2CCCN(C)C2)CC1. The molecule has 2 unspecified atom stereocenters. The fraction of sp³-hybridized carbons (Fsp3) is 1.00. The number of likely N-dealkylation sites (tertiary alicyclic amines) is 1. The third kappa shape index (κ3) is 3.96. The molecule has 0 radical (unpaired) electrons. The summed E-state index contributed by atoms with van der Waals surface area (Å²) in [5.74, 6) is 1.83. The molecule has 1 N–H and O–H groups in total. The summed E-state index contributed by atoms with van der Waals surface area (Å²) in [6, 6.07) is 1.50. The molecule has 0 aromatic carbocycles. The standard InChI is InChI=1S/C15H30N2/c1-12-6-8-15(9-7-12)16-13(2)14-5-4-10-17(3)11-14/h12-16H,4-11H2,1-3H3. The maximum Gasteiger partial charge on any atom is 0.00818 e. The number of hydrogen-bond acceptors (Lipinski definition) is 2. The summed E-state index contributed by atoms with van der Waals surface area (Å²) in [5, 5.41) is 3.90. The lowest BCUT2D eigenvalue weighted by molar-refractivity contribution is 0.164. The zero-order valence-electron chi connectivity index (χ0n) is 11.9. The first-order chi connectivity index (χ1) is 8.15. The van der Waals surface area contributed by atoms with E-state index >= 15 is 0 Å². The minimum atomic E-state index is 0.705. The molecule has 0 aromatic rings. The fourth-order valence-electron chi connectivity index (χ4n) is 3.55. The molecule has 0 aromatic heterocycles. The average molecular weight is 238 g/mol. The van der Waals surface area contributed by atoms with Gasteiger partial charge >= 0.3 is 0 Å². The molecular formula is C15H30N2. The molecule has 0 bridgehead atoms. The van der Waals surface area contributed by atoms with Crippen LogP contribution in [-0.4, -0.2) is 37.1 Å². The molecule has 2 aliphatic rings. The van der Waals surface area contributed by atoms with E-state index in [4.69, 9.17) is 0 Å². The molecule has 17 heavy (non-hydrogen) atoms. The van der Waals surface area contributed by atoms with Crippen molar-refractivity contribution in [2.75, 3.05) is 20.1 Å². The van der Waals surface area contributed by atoms with Crippen LogP contribution in [0.5, 0.6) is 0 Å². The predicted molar refractivity (Wildman–Crippen MR) is 74.2 cm³/mol. The molecule has 0 amide bonds. The summed E-state index contributed by atoms with van der Waals surface area (Å²) in [7, 11) is 2.27. The molecule has 1 heterocycles. The van der Waals surface area contributed by atoms with Crippen molar-refractivity contribution in [1.82, 2.24) is 10.2 Å². The Morgan fingerprint density at radius 1 is 1.12 bits per heavy atom. The summed E-state index contributed by atoms with van der Waals surface area (Å²) in [4.78, 5) is 2.50. The van der Waals surface area contributed by atoms with Gasteiger partial charge in [0.1, 0.15) is 0 Å². The number of nitrogens with zero attached hydrogens (tertiary/aromatic N) is 1. The third-order valence-electron chi connectivity index (χ3n) is 4.88. The lowest BCUT2D eigenvalue weighted by Crippen LogP contribution is -2.47. The van der Waals surface area contributed by atoms with Gasteiger partial charge in [0, 0.05) is 18.6 Å². The van der Waals surface area contributed by atoms with E-state index in [0.29, 0.717) is 6.04 Å². The molecule has 1 saturated carbocycles. The highest BCUT2D eigenvalue weighted by atomic mass is 15.1. The van der Waals surface area contributed by atoms with E-state index in [1.807, 2.05) is 0 Å². The van der Waals surface area contributed by atoms with Gasteiger partial charge in [0.05, 0.1) is 0 Å². The summed E-state index contributed by atoms with van der Waals surface area (Å²) < 4.78 is 0. The highest BCUT2D eigenvalue weighted by Crippen LogP contribution is 2.25. The van der Waals surface area contributed by atoms with E-state index in [1.165, 1.54) is 51.6 Å². The van der Waals surface area contributed by atoms with Gasteiger partial charge < -0.3 is 10.2 Å². The first-order valence-corrected chi connectivity index (χ1v) is 7.59. The molecule has 2 heteroatoms. The second kappa shape index (κ2) is 6.19. The minimum absolute atomic E-state index is 0.705. The highest BCUT2D eigenvalue weighted by Gasteiger charge is 2.26. The van der Waals surface area contributed by atoms with Crippen LogP contribution in [0.2, 0.25) is 0 Å². The Morgan fingerprint density at radius 3 is 2.47 bits per heavy atom. The second-order valence-electron chi connectivity index (χ2n) is 6.58. The second-order valence-corrected chi connectivity index (χ2v) is 6.58. The van der Waals surface area contributed by atoms with Crippen LogP contribution in [0, 0.1) is 11.8 Å². The van der Waals surface area contributed by atoms with E-state index in [1.54, 1.807) is 0 Å². The first-order valence-electron chi connectivity index (χ1n) is 7.59. The number of rotatable bonds is 3. The quantitative estimate of drug-likeness (QED) is 0.813. The molecular weight excluding hydrogens is 208 g/mol. The van der Waals surface area contributed by atoms with E-state index in [0.717, 1.165) is 17.9 Å². The highest BCUT2D eigenvalue weighted by molar-refractivity contribution is 4.83. The summed E-state index contributed by atoms with van der Waals surface area (Å²) in [6.07, 6.45) is 8.45. The van der Waals surface area contributed by atoms with Crippen LogP contribution in [0.3, 0.4) is 0 Å². The summed E-state index contributed by atoms with van der Waals surface area (Å²) >= 11 is 0. The molecule has 2 rings (SSSR count). The van der Waals surface area contributed by atoms with Crippen molar-refractivity contribution in [2.24, 2.45) is 11.8 Å². The Morgan fingerprint density at radius 2 is 1.82 bits per heavy atom. The van der Waals surface area contributed by atoms with Crippen molar-refractivity contribution in [1.29, 1.82) is 0 Å². The van der Waals surface area contributed by atoms with Crippen LogP contribution in [-0.2, 0) is 0 Å². The van der Waals surface area contributed by atoms with Crippen molar-refractivity contribution in [3.05, 3.63) is 0 Å². The molecule has 0 spiro atoms. The zero-order valence-corrected chi connectivity index (χ0v) is 11.9. The molecule has 2 fully saturated rings. The topological polar surface area (TPSA) is 15.3 Å². The van der Waals surface area contributed by atoms with Crippen molar-refractivity contribution >= 4 is 0 Å². The van der Waals surface area contributed by atoms with Gasteiger partial charge in [-0.15, -0.1) is 0 Å². The van der Waals surface area contributed by atoms with Gasteiger partial charge in [0.15, 0.2) is 0 Å². The molecule has 1 aliphatic carbocycles. The fourth-order valence-corrected chi connectivity index (χ4v) is 3.55. The van der Waals surface area contributed by atoms with Gasteiger partial charge in [0.2, 0.25) is 0 Å². The van der Waals surface area contributed by atoms with Gasteiger partial charge in [-0.3, -0.25) is 0 Å². The van der Waals surface area contributed by atoms with E-state index in [9.17, 15) is 0 Å². The Balaban J connectivity index is 1.74. The largest absolute Gasteiger partial charge is 0.311 e. The van der Waals surface area contributed by atoms with Crippen LogP contribution in [0.1, 0.15) is 52.4 Å².